The molecule has 1 atom stereocenters. The topological polar surface area (TPSA) is 35.2 Å². The Bertz CT molecular complexity index is 410. The number of rotatable bonds is 4. The van der Waals surface area contributed by atoms with Gasteiger partial charge in [-0.25, -0.2) is 0 Å². The average Bonchev–Trinajstić information content (AvgIpc) is 2.27. The monoisotopic (exact) mass is 275 g/mol. The average molecular weight is 275 g/mol. The van der Waals surface area contributed by atoms with Crippen molar-refractivity contribution >= 4 is 0 Å². The molecular weight excluding hydrogens is 255 g/mol. The van der Waals surface area contributed by atoms with Crippen LogP contribution in [0.4, 0.5) is 13.2 Å². The van der Waals surface area contributed by atoms with Crippen LogP contribution in [0.1, 0.15) is 26.3 Å². The van der Waals surface area contributed by atoms with Crippen LogP contribution in [0.5, 0.6) is 5.75 Å². The number of benzene rings is 1. The predicted octanol–water partition coefficient (Wildman–Crippen LogP) is 3.71. The summed E-state index contributed by atoms with van der Waals surface area (Å²) in [7, 11) is 0. The molecule has 0 heterocycles. The van der Waals surface area contributed by atoms with E-state index in [0.29, 0.717) is 13.2 Å². The fraction of sp³-hybridized carbons (Fsp3) is 0.571. The Morgan fingerprint density at radius 3 is 2.32 bits per heavy atom. The summed E-state index contributed by atoms with van der Waals surface area (Å²) in [4.78, 5) is 0. The molecule has 0 aliphatic heterocycles. The van der Waals surface area contributed by atoms with Crippen LogP contribution in [0.15, 0.2) is 24.3 Å². The van der Waals surface area contributed by atoms with Gasteiger partial charge in [0.1, 0.15) is 5.75 Å². The summed E-state index contributed by atoms with van der Waals surface area (Å²) in [5.74, 6) is 0.305. The molecule has 0 radical (unpaired) electrons. The Labute approximate surface area is 111 Å². The highest BCUT2D eigenvalue weighted by Gasteiger charge is 2.31. The molecule has 5 heteroatoms. The molecule has 0 spiro atoms. The van der Waals surface area contributed by atoms with Crippen LogP contribution < -0.4 is 10.5 Å². The van der Waals surface area contributed by atoms with Crippen LogP contribution >= 0.6 is 0 Å². The van der Waals surface area contributed by atoms with Gasteiger partial charge in [0.05, 0.1) is 12.2 Å². The first kappa shape index (κ1) is 15.8. The van der Waals surface area contributed by atoms with Crippen LogP contribution in [-0.4, -0.2) is 13.2 Å². The van der Waals surface area contributed by atoms with E-state index < -0.39 is 11.7 Å². The Morgan fingerprint density at radius 1 is 1.21 bits per heavy atom. The van der Waals surface area contributed by atoms with Gasteiger partial charge in [-0.1, -0.05) is 26.8 Å². The molecule has 108 valence electrons. The van der Waals surface area contributed by atoms with Crippen molar-refractivity contribution in [2.45, 2.75) is 26.9 Å². The molecule has 0 aliphatic rings. The highest BCUT2D eigenvalue weighted by Crippen LogP contribution is 2.32. The zero-order chi connectivity index (χ0) is 14.7. The van der Waals surface area contributed by atoms with Gasteiger partial charge in [0, 0.05) is 5.92 Å². The second-order valence-electron chi connectivity index (χ2n) is 5.64. The summed E-state index contributed by atoms with van der Waals surface area (Å²) in [6.07, 6.45) is -4.35. The van der Waals surface area contributed by atoms with E-state index in [2.05, 4.69) is 0 Å². The van der Waals surface area contributed by atoms with E-state index >= 15 is 0 Å². The molecule has 1 rings (SSSR count). The number of hydrogen-bond acceptors (Lipinski definition) is 2. The van der Waals surface area contributed by atoms with Crippen molar-refractivity contribution in [1.29, 1.82) is 0 Å². The molecule has 0 saturated carbocycles. The molecule has 0 saturated heterocycles. The van der Waals surface area contributed by atoms with Gasteiger partial charge in [-0.15, -0.1) is 0 Å². The lowest BCUT2D eigenvalue weighted by Gasteiger charge is -2.29. The van der Waals surface area contributed by atoms with Crippen molar-refractivity contribution in [3.8, 4) is 5.75 Å². The van der Waals surface area contributed by atoms with Crippen molar-refractivity contribution in [1.82, 2.24) is 0 Å². The van der Waals surface area contributed by atoms with Gasteiger partial charge >= 0.3 is 6.18 Å². The molecule has 1 unspecified atom stereocenters. The Kier molecular flexibility index (Phi) is 4.85. The molecule has 0 amide bonds. The van der Waals surface area contributed by atoms with Crippen molar-refractivity contribution in [2.24, 2.45) is 17.1 Å². The van der Waals surface area contributed by atoms with E-state index in [4.69, 9.17) is 10.5 Å². The lowest BCUT2D eigenvalue weighted by Crippen LogP contribution is -2.33. The van der Waals surface area contributed by atoms with Crippen molar-refractivity contribution in [3.05, 3.63) is 29.8 Å². The number of ether oxygens (including phenoxy) is 1. The van der Waals surface area contributed by atoms with Crippen LogP contribution in [0, 0.1) is 11.3 Å². The minimum atomic E-state index is -4.35. The van der Waals surface area contributed by atoms with Gasteiger partial charge in [0.15, 0.2) is 0 Å². The highest BCUT2D eigenvalue weighted by atomic mass is 19.4. The predicted molar refractivity (Wildman–Crippen MR) is 68.9 cm³/mol. The first-order valence-corrected chi connectivity index (χ1v) is 6.14. The zero-order valence-corrected chi connectivity index (χ0v) is 11.4. The van der Waals surface area contributed by atoms with E-state index in [9.17, 15) is 13.2 Å². The summed E-state index contributed by atoms with van der Waals surface area (Å²) in [6, 6.07) is 4.89. The highest BCUT2D eigenvalue weighted by molar-refractivity contribution is 5.30. The molecule has 0 aromatic heterocycles. The Balaban J connectivity index is 2.73. The van der Waals surface area contributed by atoms with Crippen molar-refractivity contribution in [3.63, 3.8) is 0 Å². The Hall–Kier alpha value is -1.23. The summed E-state index contributed by atoms with van der Waals surface area (Å²) in [6.45, 7) is 6.82. The maximum absolute atomic E-state index is 12.5. The third kappa shape index (κ3) is 4.74. The van der Waals surface area contributed by atoms with Gasteiger partial charge in [-0.05, 0) is 30.2 Å². The van der Waals surface area contributed by atoms with Gasteiger partial charge in [-0.3, -0.25) is 0 Å². The van der Waals surface area contributed by atoms with Crippen LogP contribution in [-0.2, 0) is 6.18 Å². The number of alkyl halides is 3. The minimum Gasteiger partial charge on any atom is -0.493 e. The number of halogens is 3. The summed E-state index contributed by atoms with van der Waals surface area (Å²) < 4.78 is 43.1. The molecule has 2 nitrogen and oxygen atoms in total. The summed E-state index contributed by atoms with van der Waals surface area (Å²) >= 11 is 0. The lowest BCUT2D eigenvalue weighted by molar-refractivity contribution is -0.137. The standard InChI is InChI=1S/C14H20F3NO/c1-13(2,3)11(8-18)9-19-12-6-4-5-10(7-12)14(15,16)17/h4-7,11H,8-9,18H2,1-3H3. The number of hydrogen-bond donors (Lipinski definition) is 1. The SMILES string of the molecule is CC(C)(C)C(CN)COc1cccc(C(F)(F)F)c1. The van der Waals surface area contributed by atoms with Crippen molar-refractivity contribution < 1.29 is 17.9 Å². The van der Waals surface area contributed by atoms with Crippen molar-refractivity contribution in [2.75, 3.05) is 13.2 Å². The van der Waals surface area contributed by atoms with E-state index in [-0.39, 0.29) is 17.1 Å². The van der Waals surface area contributed by atoms with Gasteiger partial charge < -0.3 is 10.5 Å². The molecular formula is C14H20F3NO. The smallest absolute Gasteiger partial charge is 0.416 e. The maximum atomic E-state index is 12.5. The zero-order valence-electron chi connectivity index (χ0n) is 11.4. The molecule has 0 fully saturated rings. The van der Waals surface area contributed by atoms with E-state index in [1.54, 1.807) is 0 Å². The molecule has 0 aliphatic carbocycles. The van der Waals surface area contributed by atoms with Crippen LogP contribution in [0.25, 0.3) is 0 Å². The molecule has 1 aromatic rings. The molecule has 19 heavy (non-hydrogen) atoms. The van der Waals surface area contributed by atoms with Crippen LogP contribution in [0.2, 0.25) is 0 Å². The van der Waals surface area contributed by atoms with Gasteiger partial charge in [0.25, 0.3) is 0 Å². The van der Waals surface area contributed by atoms with E-state index in [1.807, 2.05) is 20.8 Å². The number of nitrogens with two attached hydrogens (primary N) is 1. The second-order valence-corrected chi connectivity index (χ2v) is 5.64. The third-order valence-corrected chi connectivity index (χ3v) is 3.12. The first-order valence-electron chi connectivity index (χ1n) is 6.14. The molecule has 1 aromatic carbocycles. The fourth-order valence-corrected chi connectivity index (χ4v) is 1.63. The summed E-state index contributed by atoms with van der Waals surface area (Å²) in [5.41, 5.74) is 4.91. The summed E-state index contributed by atoms with van der Waals surface area (Å²) in [5, 5.41) is 0. The maximum Gasteiger partial charge on any atom is 0.416 e. The van der Waals surface area contributed by atoms with Crippen LogP contribution in [0.3, 0.4) is 0 Å². The Morgan fingerprint density at radius 2 is 1.84 bits per heavy atom. The molecule has 2 N–H and O–H groups in total. The first-order chi connectivity index (χ1) is 8.64. The fourth-order valence-electron chi connectivity index (χ4n) is 1.63. The molecule has 0 bridgehead atoms. The third-order valence-electron chi connectivity index (χ3n) is 3.12. The lowest BCUT2D eigenvalue weighted by atomic mass is 9.81. The van der Waals surface area contributed by atoms with Gasteiger partial charge in [-0.2, -0.15) is 13.2 Å². The van der Waals surface area contributed by atoms with E-state index in [1.165, 1.54) is 12.1 Å². The van der Waals surface area contributed by atoms with Gasteiger partial charge in [0.2, 0.25) is 0 Å². The van der Waals surface area contributed by atoms with E-state index in [0.717, 1.165) is 12.1 Å². The largest absolute Gasteiger partial charge is 0.493 e. The normalized spacial score (nSPS) is 14.3. The second kappa shape index (κ2) is 5.82. The minimum absolute atomic E-state index is 0.0453. The quantitative estimate of drug-likeness (QED) is 0.909.